The number of halogens is 1. The Morgan fingerprint density at radius 3 is 2.79 bits per heavy atom. The van der Waals surface area contributed by atoms with Gasteiger partial charge in [0.25, 0.3) is 5.91 Å². The number of rotatable bonds is 5. The third-order valence-electron chi connectivity index (χ3n) is 3.84. The van der Waals surface area contributed by atoms with Crippen LogP contribution in [0, 0.1) is 5.92 Å². The van der Waals surface area contributed by atoms with Crippen molar-refractivity contribution in [2.75, 3.05) is 7.05 Å². The lowest BCUT2D eigenvalue weighted by molar-refractivity contribution is 0.0727. The Kier molecular flexibility index (Phi) is 4.46. The molecule has 104 valence electrons. The van der Waals surface area contributed by atoms with Crippen LogP contribution in [0.3, 0.4) is 0 Å². The minimum atomic E-state index is 0.0426. The van der Waals surface area contributed by atoms with Gasteiger partial charge in [0, 0.05) is 24.3 Å². The first-order valence-electron chi connectivity index (χ1n) is 6.96. The summed E-state index contributed by atoms with van der Waals surface area (Å²) in [6.45, 7) is 4.21. The van der Waals surface area contributed by atoms with Crippen molar-refractivity contribution >= 4 is 17.5 Å². The fourth-order valence-electron chi connectivity index (χ4n) is 2.34. The van der Waals surface area contributed by atoms with Crippen LogP contribution in [0.5, 0.6) is 0 Å². The molecule has 4 heteroatoms. The fraction of sp³-hybridized carbons (Fsp3) is 0.600. The highest BCUT2D eigenvalue weighted by Crippen LogP contribution is 2.35. The summed E-state index contributed by atoms with van der Waals surface area (Å²) < 4.78 is 0. The predicted octanol–water partition coefficient (Wildman–Crippen LogP) is 3.56. The van der Waals surface area contributed by atoms with Gasteiger partial charge in [0.2, 0.25) is 0 Å². The number of hydrogen-bond acceptors (Lipinski definition) is 2. The van der Waals surface area contributed by atoms with Gasteiger partial charge in [-0.25, -0.2) is 4.98 Å². The standard InChI is InChI=1S/C15H21ClN2O/c1-4-5-13-8-12(9-14(16)17-13)15(19)18(3)10(2)11-6-7-11/h8-11H,4-7H2,1-3H3. The second-order valence-corrected chi connectivity index (χ2v) is 5.80. The summed E-state index contributed by atoms with van der Waals surface area (Å²) >= 11 is 6.01. The zero-order chi connectivity index (χ0) is 14.0. The van der Waals surface area contributed by atoms with E-state index in [0.29, 0.717) is 22.7 Å². The molecule has 0 aromatic carbocycles. The van der Waals surface area contributed by atoms with Gasteiger partial charge in [-0.15, -0.1) is 0 Å². The molecule has 1 aliphatic carbocycles. The maximum absolute atomic E-state index is 12.5. The Morgan fingerprint density at radius 1 is 1.53 bits per heavy atom. The van der Waals surface area contributed by atoms with Crippen molar-refractivity contribution in [1.29, 1.82) is 0 Å². The second kappa shape index (κ2) is 5.91. The number of nitrogens with zero attached hydrogens (tertiary/aromatic N) is 2. The first-order valence-corrected chi connectivity index (χ1v) is 7.34. The number of hydrogen-bond donors (Lipinski definition) is 0. The van der Waals surface area contributed by atoms with Crippen molar-refractivity contribution in [3.05, 3.63) is 28.5 Å². The SMILES string of the molecule is CCCc1cc(C(=O)N(C)C(C)C2CC2)cc(Cl)n1. The number of pyridine rings is 1. The maximum Gasteiger partial charge on any atom is 0.254 e. The Hall–Kier alpha value is -1.09. The largest absolute Gasteiger partial charge is 0.339 e. The summed E-state index contributed by atoms with van der Waals surface area (Å²) in [5.41, 5.74) is 1.55. The minimum Gasteiger partial charge on any atom is -0.339 e. The predicted molar refractivity (Wildman–Crippen MR) is 77.5 cm³/mol. The molecule has 1 amide bonds. The normalized spacial score (nSPS) is 16.2. The Morgan fingerprint density at radius 2 is 2.21 bits per heavy atom. The number of aromatic nitrogens is 1. The van der Waals surface area contributed by atoms with Crippen molar-refractivity contribution < 1.29 is 4.79 Å². The van der Waals surface area contributed by atoms with Crippen molar-refractivity contribution in [3.8, 4) is 0 Å². The molecular weight excluding hydrogens is 260 g/mol. The Labute approximate surface area is 120 Å². The topological polar surface area (TPSA) is 33.2 Å². The molecule has 0 bridgehead atoms. The van der Waals surface area contributed by atoms with Crippen molar-refractivity contribution in [2.24, 2.45) is 5.92 Å². The third kappa shape index (κ3) is 3.47. The van der Waals surface area contributed by atoms with E-state index >= 15 is 0 Å². The third-order valence-corrected chi connectivity index (χ3v) is 4.03. The molecule has 1 unspecified atom stereocenters. The summed E-state index contributed by atoms with van der Waals surface area (Å²) in [6, 6.07) is 3.83. The molecule has 1 aliphatic rings. The molecule has 1 aromatic heterocycles. The average molecular weight is 281 g/mol. The van der Waals surface area contributed by atoms with Gasteiger partial charge in [0.15, 0.2) is 0 Å². The molecule has 1 saturated carbocycles. The fourth-order valence-corrected chi connectivity index (χ4v) is 2.57. The monoisotopic (exact) mass is 280 g/mol. The molecule has 0 radical (unpaired) electrons. The average Bonchev–Trinajstić information content (AvgIpc) is 3.20. The molecule has 1 aromatic rings. The highest BCUT2D eigenvalue weighted by Gasteiger charge is 2.32. The van der Waals surface area contributed by atoms with Gasteiger partial charge >= 0.3 is 0 Å². The van der Waals surface area contributed by atoms with E-state index in [0.717, 1.165) is 18.5 Å². The quantitative estimate of drug-likeness (QED) is 0.773. The molecule has 1 fully saturated rings. The van der Waals surface area contributed by atoms with Gasteiger partial charge in [0.05, 0.1) is 0 Å². The first kappa shape index (κ1) is 14.3. The van der Waals surface area contributed by atoms with Crippen molar-refractivity contribution in [3.63, 3.8) is 0 Å². The first-order chi connectivity index (χ1) is 9.02. The second-order valence-electron chi connectivity index (χ2n) is 5.41. The molecule has 0 saturated heterocycles. The van der Waals surface area contributed by atoms with E-state index in [1.54, 1.807) is 6.07 Å². The smallest absolute Gasteiger partial charge is 0.254 e. The molecule has 1 heterocycles. The van der Waals surface area contributed by atoms with E-state index in [2.05, 4.69) is 18.8 Å². The lowest BCUT2D eigenvalue weighted by atomic mass is 10.1. The minimum absolute atomic E-state index is 0.0426. The Bertz CT molecular complexity index is 471. The molecule has 1 atom stereocenters. The zero-order valence-electron chi connectivity index (χ0n) is 11.8. The Balaban J connectivity index is 2.17. The van der Waals surface area contributed by atoms with E-state index in [1.807, 2.05) is 18.0 Å². The van der Waals surface area contributed by atoms with Crippen LogP contribution in [-0.4, -0.2) is 28.9 Å². The van der Waals surface area contributed by atoms with Crippen LogP contribution in [-0.2, 0) is 6.42 Å². The number of aryl methyl sites for hydroxylation is 1. The molecule has 0 N–H and O–H groups in total. The van der Waals surface area contributed by atoms with Crippen LogP contribution < -0.4 is 0 Å². The van der Waals surface area contributed by atoms with Crippen LogP contribution in [0.1, 0.15) is 49.2 Å². The van der Waals surface area contributed by atoms with E-state index in [1.165, 1.54) is 12.8 Å². The van der Waals surface area contributed by atoms with Crippen LogP contribution in [0.25, 0.3) is 0 Å². The van der Waals surface area contributed by atoms with Crippen molar-refractivity contribution in [1.82, 2.24) is 9.88 Å². The summed E-state index contributed by atoms with van der Waals surface area (Å²) in [5, 5.41) is 0.404. The number of carbonyl (C=O) groups excluding carboxylic acids is 1. The molecule has 0 spiro atoms. The van der Waals surface area contributed by atoms with Crippen LogP contribution in [0.15, 0.2) is 12.1 Å². The van der Waals surface area contributed by atoms with Gasteiger partial charge in [-0.05, 0) is 44.2 Å². The molecule has 0 aliphatic heterocycles. The summed E-state index contributed by atoms with van der Waals surface area (Å²) in [6.07, 6.45) is 4.31. The highest BCUT2D eigenvalue weighted by atomic mass is 35.5. The number of carbonyl (C=O) groups is 1. The summed E-state index contributed by atoms with van der Waals surface area (Å²) in [7, 11) is 1.87. The van der Waals surface area contributed by atoms with Gasteiger partial charge in [-0.3, -0.25) is 4.79 Å². The number of amides is 1. The highest BCUT2D eigenvalue weighted by molar-refractivity contribution is 6.29. The van der Waals surface area contributed by atoms with E-state index in [4.69, 9.17) is 11.6 Å². The molecular formula is C15H21ClN2O. The maximum atomic E-state index is 12.5. The van der Waals surface area contributed by atoms with Crippen LogP contribution in [0.2, 0.25) is 5.15 Å². The molecule has 3 nitrogen and oxygen atoms in total. The summed E-state index contributed by atoms with van der Waals surface area (Å²) in [4.78, 5) is 18.6. The summed E-state index contributed by atoms with van der Waals surface area (Å²) in [5.74, 6) is 0.711. The lowest BCUT2D eigenvalue weighted by Gasteiger charge is -2.25. The molecule has 19 heavy (non-hydrogen) atoms. The molecule has 2 rings (SSSR count). The van der Waals surface area contributed by atoms with Gasteiger partial charge in [-0.1, -0.05) is 24.9 Å². The van der Waals surface area contributed by atoms with E-state index in [-0.39, 0.29) is 5.91 Å². The van der Waals surface area contributed by atoms with Crippen molar-refractivity contribution in [2.45, 2.75) is 45.6 Å². The van der Waals surface area contributed by atoms with E-state index in [9.17, 15) is 4.79 Å². The van der Waals surface area contributed by atoms with E-state index < -0.39 is 0 Å². The van der Waals surface area contributed by atoms with Gasteiger partial charge < -0.3 is 4.90 Å². The zero-order valence-corrected chi connectivity index (χ0v) is 12.6. The van der Waals surface area contributed by atoms with Crippen LogP contribution >= 0.6 is 11.6 Å². The van der Waals surface area contributed by atoms with Crippen LogP contribution in [0.4, 0.5) is 0 Å². The van der Waals surface area contributed by atoms with Gasteiger partial charge in [0.1, 0.15) is 5.15 Å². The lowest BCUT2D eigenvalue weighted by Crippen LogP contribution is -2.36. The van der Waals surface area contributed by atoms with Gasteiger partial charge in [-0.2, -0.15) is 0 Å².